The van der Waals surface area contributed by atoms with Gasteiger partial charge >= 0.3 is 0 Å². The number of alkyl halides is 1. The SMILES string of the molecule is Cc1ccccc1CN(C)c1nc(Cl)c(CCl)s1. The maximum atomic E-state index is 6.01. The van der Waals surface area contributed by atoms with E-state index in [-0.39, 0.29) is 0 Å². The third-order valence-electron chi connectivity index (χ3n) is 2.76. The second-order valence-electron chi connectivity index (χ2n) is 4.13. The van der Waals surface area contributed by atoms with Crippen molar-refractivity contribution in [3.05, 3.63) is 45.4 Å². The predicted octanol–water partition coefficient (Wildman–Crippen LogP) is 4.48. The van der Waals surface area contributed by atoms with Crippen LogP contribution in [0.15, 0.2) is 24.3 Å². The van der Waals surface area contributed by atoms with E-state index < -0.39 is 0 Å². The summed E-state index contributed by atoms with van der Waals surface area (Å²) in [5.41, 5.74) is 2.57. The van der Waals surface area contributed by atoms with Crippen molar-refractivity contribution in [2.24, 2.45) is 0 Å². The minimum Gasteiger partial charge on any atom is -0.347 e. The Bertz CT molecular complexity index is 540. The van der Waals surface area contributed by atoms with Crippen LogP contribution in [0, 0.1) is 6.92 Å². The highest BCUT2D eigenvalue weighted by Gasteiger charge is 2.12. The lowest BCUT2D eigenvalue weighted by atomic mass is 10.1. The number of hydrogen-bond acceptors (Lipinski definition) is 3. The molecule has 1 heterocycles. The van der Waals surface area contributed by atoms with Gasteiger partial charge in [0.1, 0.15) is 5.15 Å². The molecule has 0 aliphatic heterocycles. The van der Waals surface area contributed by atoms with Gasteiger partial charge < -0.3 is 4.90 Å². The number of anilines is 1. The lowest BCUT2D eigenvalue weighted by Gasteiger charge is -2.17. The van der Waals surface area contributed by atoms with Gasteiger partial charge in [-0.3, -0.25) is 0 Å². The van der Waals surface area contributed by atoms with E-state index in [0.29, 0.717) is 11.0 Å². The van der Waals surface area contributed by atoms with Gasteiger partial charge in [-0.2, -0.15) is 0 Å². The lowest BCUT2D eigenvalue weighted by Crippen LogP contribution is -2.16. The lowest BCUT2D eigenvalue weighted by molar-refractivity contribution is 0.906. The van der Waals surface area contributed by atoms with Gasteiger partial charge in [0.25, 0.3) is 0 Å². The van der Waals surface area contributed by atoms with E-state index in [1.807, 2.05) is 13.1 Å². The highest BCUT2D eigenvalue weighted by Crippen LogP contribution is 2.31. The molecule has 0 aliphatic rings. The molecule has 96 valence electrons. The Hall–Kier alpha value is -0.770. The van der Waals surface area contributed by atoms with Crippen LogP contribution in [0.4, 0.5) is 5.13 Å². The van der Waals surface area contributed by atoms with Crippen LogP contribution in [0.3, 0.4) is 0 Å². The molecule has 2 aromatic rings. The Kier molecular flexibility index (Phi) is 4.49. The van der Waals surface area contributed by atoms with Crippen molar-refractivity contribution in [1.82, 2.24) is 4.98 Å². The molecule has 5 heteroatoms. The molecule has 0 fully saturated rings. The van der Waals surface area contributed by atoms with Crippen LogP contribution >= 0.6 is 34.5 Å². The average molecular weight is 301 g/mol. The molecule has 0 aliphatic carbocycles. The zero-order valence-corrected chi connectivity index (χ0v) is 12.6. The summed E-state index contributed by atoms with van der Waals surface area (Å²) in [6, 6.07) is 8.34. The average Bonchev–Trinajstić information content (AvgIpc) is 2.73. The molecule has 0 atom stereocenters. The zero-order chi connectivity index (χ0) is 13.1. The van der Waals surface area contributed by atoms with Gasteiger partial charge in [0.2, 0.25) is 0 Å². The largest absolute Gasteiger partial charge is 0.347 e. The van der Waals surface area contributed by atoms with E-state index in [2.05, 4.69) is 35.0 Å². The zero-order valence-electron chi connectivity index (χ0n) is 10.3. The number of halogens is 2. The van der Waals surface area contributed by atoms with Crippen molar-refractivity contribution >= 4 is 39.7 Å². The van der Waals surface area contributed by atoms with Crippen LogP contribution in [-0.4, -0.2) is 12.0 Å². The minimum absolute atomic E-state index is 0.411. The first kappa shape index (κ1) is 13.7. The molecule has 0 bridgehead atoms. The number of thiazole rings is 1. The Morgan fingerprint density at radius 2 is 2.06 bits per heavy atom. The number of benzene rings is 1. The van der Waals surface area contributed by atoms with Gasteiger partial charge in [-0.05, 0) is 18.1 Å². The Morgan fingerprint density at radius 3 is 2.67 bits per heavy atom. The van der Waals surface area contributed by atoms with Gasteiger partial charge in [0.15, 0.2) is 5.13 Å². The summed E-state index contributed by atoms with van der Waals surface area (Å²) in [6.07, 6.45) is 0. The maximum absolute atomic E-state index is 6.01. The van der Waals surface area contributed by atoms with Crippen molar-refractivity contribution in [2.75, 3.05) is 11.9 Å². The summed E-state index contributed by atoms with van der Waals surface area (Å²) < 4.78 is 0. The fraction of sp³-hybridized carbons (Fsp3) is 0.308. The van der Waals surface area contributed by atoms with Gasteiger partial charge in [0, 0.05) is 13.6 Å². The molecular weight excluding hydrogens is 287 g/mol. The predicted molar refractivity (Wildman–Crippen MR) is 80.0 cm³/mol. The molecule has 1 aromatic heterocycles. The highest BCUT2D eigenvalue weighted by atomic mass is 35.5. The minimum atomic E-state index is 0.411. The molecular formula is C13H14Cl2N2S. The number of hydrogen-bond donors (Lipinski definition) is 0. The van der Waals surface area contributed by atoms with Crippen LogP contribution in [-0.2, 0) is 12.4 Å². The van der Waals surface area contributed by atoms with Crippen LogP contribution in [0.5, 0.6) is 0 Å². The highest BCUT2D eigenvalue weighted by molar-refractivity contribution is 7.16. The molecule has 0 radical (unpaired) electrons. The monoisotopic (exact) mass is 300 g/mol. The first-order valence-electron chi connectivity index (χ1n) is 5.58. The molecule has 0 spiro atoms. The fourth-order valence-electron chi connectivity index (χ4n) is 1.68. The summed E-state index contributed by atoms with van der Waals surface area (Å²) in [5, 5.41) is 1.42. The van der Waals surface area contributed by atoms with E-state index >= 15 is 0 Å². The molecule has 0 amide bonds. The van der Waals surface area contributed by atoms with E-state index in [0.717, 1.165) is 16.6 Å². The maximum Gasteiger partial charge on any atom is 0.187 e. The number of nitrogens with zero attached hydrogens (tertiary/aromatic N) is 2. The van der Waals surface area contributed by atoms with Crippen molar-refractivity contribution < 1.29 is 0 Å². The first-order chi connectivity index (χ1) is 8.61. The second kappa shape index (κ2) is 5.91. The Labute approximate surface area is 121 Å². The topological polar surface area (TPSA) is 16.1 Å². The Morgan fingerprint density at radius 1 is 1.33 bits per heavy atom. The van der Waals surface area contributed by atoms with Crippen LogP contribution in [0.1, 0.15) is 16.0 Å². The number of rotatable bonds is 4. The van der Waals surface area contributed by atoms with E-state index in [1.165, 1.54) is 11.1 Å². The summed E-state index contributed by atoms with van der Waals surface area (Å²) >= 11 is 13.4. The van der Waals surface area contributed by atoms with Crippen molar-refractivity contribution in [1.29, 1.82) is 0 Å². The summed E-state index contributed by atoms with van der Waals surface area (Å²) in [4.78, 5) is 7.35. The summed E-state index contributed by atoms with van der Waals surface area (Å²) in [7, 11) is 2.01. The van der Waals surface area contributed by atoms with Crippen LogP contribution in [0.25, 0.3) is 0 Å². The van der Waals surface area contributed by atoms with Crippen LogP contribution < -0.4 is 4.90 Å². The number of aryl methyl sites for hydroxylation is 1. The third kappa shape index (κ3) is 2.97. The second-order valence-corrected chi connectivity index (χ2v) is 5.81. The van der Waals surface area contributed by atoms with Crippen LogP contribution in [0.2, 0.25) is 5.15 Å². The van der Waals surface area contributed by atoms with Gasteiger partial charge in [-0.15, -0.1) is 11.6 Å². The molecule has 0 N–H and O–H groups in total. The standard InChI is InChI=1S/C13H14Cl2N2S/c1-9-5-3-4-6-10(9)8-17(2)13-16-12(15)11(7-14)18-13/h3-6H,7-8H2,1-2H3. The van der Waals surface area contributed by atoms with E-state index in [1.54, 1.807) is 11.3 Å². The Balaban J connectivity index is 2.16. The molecule has 2 nitrogen and oxygen atoms in total. The molecule has 0 saturated heterocycles. The molecule has 0 unspecified atom stereocenters. The van der Waals surface area contributed by atoms with E-state index in [9.17, 15) is 0 Å². The number of aromatic nitrogens is 1. The smallest absolute Gasteiger partial charge is 0.187 e. The molecule has 1 aromatic carbocycles. The quantitative estimate of drug-likeness (QED) is 0.774. The summed E-state index contributed by atoms with van der Waals surface area (Å²) in [6.45, 7) is 2.93. The third-order valence-corrected chi connectivity index (χ3v) is 4.78. The molecule has 18 heavy (non-hydrogen) atoms. The molecule has 2 rings (SSSR count). The van der Waals surface area contributed by atoms with Gasteiger partial charge in [0.05, 0.1) is 10.8 Å². The molecule has 0 saturated carbocycles. The normalized spacial score (nSPS) is 10.7. The van der Waals surface area contributed by atoms with E-state index in [4.69, 9.17) is 23.2 Å². The van der Waals surface area contributed by atoms with Crippen molar-refractivity contribution in [3.8, 4) is 0 Å². The fourth-order valence-corrected chi connectivity index (χ4v) is 3.11. The summed E-state index contributed by atoms with van der Waals surface area (Å²) in [5.74, 6) is 0.411. The van der Waals surface area contributed by atoms with Gasteiger partial charge in [-0.1, -0.05) is 47.2 Å². The first-order valence-corrected chi connectivity index (χ1v) is 7.31. The van der Waals surface area contributed by atoms with Gasteiger partial charge in [-0.25, -0.2) is 4.98 Å². The van der Waals surface area contributed by atoms with Crippen molar-refractivity contribution in [2.45, 2.75) is 19.3 Å². The van der Waals surface area contributed by atoms with Crippen molar-refractivity contribution in [3.63, 3.8) is 0 Å².